The first kappa shape index (κ1) is 10.7. The van der Waals surface area contributed by atoms with Crippen molar-refractivity contribution in [3.05, 3.63) is 18.2 Å². The Morgan fingerprint density at radius 3 is 2.43 bits per heavy atom. The first-order valence-corrected chi connectivity index (χ1v) is 4.50. The van der Waals surface area contributed by atoms with E-state index in [4.69, 9.17) is 11.5 Å². The summed E-state index contributed by atoms with van der Waals surface area (Å²) in [6.07, 6.45) is 0. The van der Waals surface area contributed by atoms with Gasteiger partial charge < -0.3 is 21.9 Å². The predicted octanol–water partition coefficient (Wildman–Crippen LogP) is 1.03. The maximum Gasteiger partial charge on any atom is 0.0763 e. The first-order valence-electron chi connectivity index (χ1n) is 4.50. The number of hydrogen-bond acceptors (Lipinski definition) is 4. The molecule has 4 nitrogen and oxygen atoms in total. The topological polar surface area (TPSA) is 84.3 Å². The molecule has 0 bridgehead atoms. The molecule has 6 N–H and O–H groups in total. The van der Waals surface area contributed by atoms with E-state index in [0.717, 1.165) is 5.69 Å². The van der Waals surface area contributed by atoms with Crippen molar-refractivity contribution in [3.8, 4) is 0 Å². The summed E-state index contributed by atoms with van der Waals surface area (Å²) < 4.78 is 0. The van der Waals surface area contributed by atoms with E-state index in [1.54, 1.807) is 26.0 Å². The second-order valence-corrected chi connectivity index (χ2v) is 4.01. The Balaban J connectivity index is 2.65. The van der Waals surface area contributed by atoms with Crippen LogP contribution < -0.4 is 16.8 Å². The number of hydrogen-bond donors (Lipinski definition) is 4. The van der Waals surface area contributed by atoms with Gasteiger partial charge in [-0.1, -0.05) is 0 Å². The predicted molar refractivity (Wildman–Crippen MR) is 60.1 cm³/mol. The SMILES string of the molecule is CC(C)(O)CNc1ccc(N)c(N)c1. The lowest BCUT2D eigenvalue weighted by molar-refractivity contribution is 0.0945. The lowest BCUT2D eigenvalue weighted by Crippen LogP contribution is -2.29. The van der Waals surface area contributed by atoms with E-state index in [1.165, 1.54) is 0 Å². The van der Waals surface area contributed by atoms with Gasteiger partial charge in [0.15, 0.2) is 0 Å². The summed E-state index contributed by atoms with van der Waals surface area (Å²) in [4.78, 5) is 0. The van der Waals surface area contributed by atoms with E-state index in [9.17, 15) is 5.11 Å². The maximum absolute atomic E-state index is 9.48. The molecular formula is C10H17N3O. The van der Waals surface area contributed by atoms with Crippen molar-refractivity contribution in [2.24, 2.45) is 0 Å². The Kier molecular flexibility index (Phi) is 2.86. The summed E-state index contributed by atoms with van der Waals surface area (Å²) >= 11 is 0. The molecule has 0 saturated carbocycles. The van der Waals surface area contributed by atoms with Crippen molar-refractivity contribution in [1.29, 1.82) is 0 Å². The lowest BCUT2D eigenvalue weighted by atomic mass is 10.1. The fourth-order valence-corrected chi connectivity index (χ4v) is 1.00. The van der Waals surface area contributed by atoms with Gasteiger partial charge in [-0.15, -0.1) is 0 Å². The molecule has 4 heteroatoms. The van der Waals surface area contributed by atoms with Crippen LogP contribution in [-0.4, -0.2) is 17.3 Å². The van der Waals surface area contributed by atoms with Crippen LogP contribution in [0.25, 0.3) is 0 Å². The highest BCUT2D eigenvalue weighted by Crippen LogP contribution is 2.19. The number of nitrogens with two attached hydrogens (primary N) is 2. The first-order chi connectivity index (χ1) is 6.38. The summed E-state index contributed by atoms with van der Waals surface area (Å²) in [5.74, 6) is 0. The van der Waals surface area contributed by atoms with Gasteiger partial charge in [-0.25, -0.2) is 0 Å². The van der Waals surface area contributed by atoms with Crippen molar-refractivity contribution in [1.82, 2.24) is 0 Å². The summed E-state index contributed by atoms with van der Waals surface area (Å²) in [5.41, 5.74) is 12.4. The molecule has 0 aliphatic carbocycles. The largest absolute Gasteiger partial charge is 0.397 e. The number of aliphatic hydroxyl groups is 1. The average molecular weight is 195 g/mol. The van der Waals surface area contributed by atoms with Gasteiger partial charge >= 0.3 is 0 Å². The highest BCUT2D eigenvalue weighted by molar-refractivity contribution is 5.69. The van der Waals surface area contributed by atoms with Gasteiger partial charge in [0.05, 0.1) is 17.0 Å². The fraction of sp³-hybridized carbons (Fsp3) is 0.400. The standard InChI is InChI=1S/C10H17N3O/c1-10(2,14)6-13-7-3-4-8(11)9(12)5-7/h3-5,13-14H,6,11-12H2,1-2H3. The van der Waals surface area contributed by atoms with Gasteiger partial charge in [0, 0.05) is 12.2 Å². The highest BCUT2D eigenvalue weighted by Gasteiger charge is 2.11. The molecule has 0 aliphatic rings. The summed E-state index contributed by atoms with van der Waals surface area (Å²) in [6, 6.07) is 5.32. The molecule has 78 valence electrons. The van der Waals surface area contributed by atoms with Crippen LogP contribution in [0.1, 0.15) is 13.8 Å². The molecule has 0 unspecified atom stereocenters. The van der Waals surface area contributed by atoms with E-state index < -0.39 is 5.60 Å². The Hall–Kier alpha value is -1.42. The van der Waals surface area contributed by atoms with Crippen LogP contribution in [0.15, 0.2) is 18.2 Å². The molecule has 0 spiro atoms. The highest BCUT2D eigenvalue weighted by atomic mass is 16.3. The minimum Gasteiger partial charge on any atom is -0.397 e. The molecule has 0 aliphatic heterocycles. The van der Waals surface area contributed by atoms with Gasteiger partial charge in [0.1, 0.15) is 0 Å². The minimum atomic E-state index is -0.740. The number of rotatable bonds is 3. The molecule has 0 fully saturated rings. The van der Waals surface area contributed by atoms with E-state index in [2.05, 4.69) is 5.32 Å². The molecule has 0 heterocycles. The quantitative estimate of drug-likeness (QED) is 0.543. The van der Waals surface area contributed by atoms with E-state index in [1.807, 2.05) is 6.07 Å². The minimum absolute atomic E-state index is 0.469. The third-order valence-electron chi connectivity index (χ3n) is 1.81. The van der Waals surface area contributed by atoms with Crippen LogP contribution in [0.4, 0.5) is 17.1 Å². The fourth-order valence-electron chi connectivity index (χ4n) is 1.00. The van der Waals surface area contributed by atoms with Crippen molar-refractivity contribution in [2.75, 3.05) is 23.3 Å². The molecule has 14 heavy (non-hydrogen) atoms. The Morgan fingerprint density at radius 2 is 1.93 bits per heavy atom. The van der Waals surface area contributed by atoms with E-state index in [0.29, 0.717) is 17.9 Å². The van der Waals surface area contributed by atoms with Crippen LogP contribution in [0.3, 0.4) is 0 Å². The second-order valence-electron chi connectivity index (χ2n) is 4.01. The van der Waals surface area contributed by atoms with Crippen LogP contribution in [0, 0.1) is 0 Å². The number of benzene rings is 1. The molecule has 0 saturated heterocycles. The van der Waals surface area contributed by atoms with Crippen molar-refractivity contribution in [3.63, 3.8) is 0 Å². The number of anilines is 3. The van der Waals surface area contributed by atoms with Crippen LogP contribution in [0.5, 0.6) is 0 Å². The second kappa shape index (κ2) is 3.75. The third-order valence-corrected chi connectivity index (χ3v) is 1.81. The molecule has 1 aromatic rings. The molecule has 0 radical (unpaired) electrons. The normalized spacial score (nSPS) is 11.4. The van der Waals surface area contributed by atoms with E-state index in [-0.39, 0.29) is 0 Å². The van der Waals surface area contributed by atoms with Crippen LogP contribution in [0.2, 0.25) is 0 Å². The Labute approximate surface area is 83.9 Å². The van der Waals surface area contributed by atoms with Crippen LogP contribution >= 0.6 is 0 Å². The van der Waals surface area contributed by atoms with Gasteiger partial charge in [0.25, 0.3) is 0 Å². The van der Waals surface area contributed by atoms with Gasteiger partial charge in [-0.3, -0.25) is 0 Å². The van der Waals surface area contributed by atoms with Gasteiger partial charge in [-0.05, 0) is 32.0 Å². The van der Waals surface area contributed by atoms with Crippen molar-refractivity contribution in [2.45, 2.75) is 19.4 Å². The maximum atomic E-state index is 9.48. The van der Waals surface area contributed by atoms with E-state index >= 15 is 0 Å². The lowest BCUT2D eigenvalue weighted by Gasteiger charge is -2.18. The smallest absolute Gasteiger partial charge is 0.0763 e. The van der Waals surface area contributed by atoms with Gasteiger partial charge in [0.2, 0.25) is 0 Å². The molecule has 0 aromatic heterocycles. The summed E-state index contributed by atoms with van der Waals surface area (Å²) in [6.45, 7) is 3.94. The van der Waals surface area contributed by atoms with Crippen LogP contribution in [-0.2, 0) is 0 Å². The molecular weight excluding hydrogens is 178 g/mol. The Morgan fingerprint density at radius 1 is 1.29 bits per heavy atom. The average Bonchev–Trinajstić information content (AvgIpc) is 2.06. The third kappa shape index (κ3) is 3.14. The summed E-state index contributed by atoms with van der Waals surface area (Å²) in [7, 11) is 0. The Bertz CT molecular complexity index is 318. The molecule has 1 aromatic carbocycles. The van der Waals surface area contributed by atoms with Gasteiger partial charge in [-0.2, -0.15) is 0 Å². The molecule has 0 atom stereocenters. The number of nitrogens with one attached hydrogen (secondary N) is 1. The zero-order valence-electron chi connectivity index (χ0n) is 8.54. The zero-order chi connectivity index (χ0) is 10.8. The monoisotopic (exact) mass is 195 g/mol. The van der Waals surface area contributed by atoms with Crippen molar-refractivity contribution < 1.29 is 5.11 Å². The molecule has 1 rings (SSSR count). The number of nitrogen functional groups attached to an aromatic ring is 2. The summed E-state index contributed by atoms with van der Waals surface area (Å²) in [5, 5.41) is 12.6. The molecule has 0 amide bonds. The van der Waals surface area contributed by atoms with Crippen molar-refractivity contribution >= 4 is 17.1 Å². The zero-order valence-corrected chi connectivity index (χ0v) is 8.54.